The van der Waals surface area contributed by atoms with E-state index in [0.717, 1.165) is 24.3 Å². The Morgan fingerprint density at radius 2 is 1.56 bits per heavy atom. The molecule has 3 aliphatic carbocycles. The summed E-state index contributed by atoms with van der Waals surface area (Å²) in [6.45, 7) is 1.46. The van der Waals surface area contributed by atoms with Gasteiger partial charge in [0.2, 0.25) is 5.91 Å². The third-order valence-electron chi connectivity index (χ3n) is 9.02. The van der Waals surface area contributed by atoms with Crippen molar-refractivity contribution in [2.24, 2.45) is 11.3 Å². The molecule has 1 saturated heterocycles. The lowest BCUT2D eigenvalue weighted by Crippen LogP contribution is -2.64. The molecule has 1 unspecified atom stereocenters. The lowest BCUT2D eigenvalue weighted by atomic mass is 9.57. The van der Waals surface area contributed by atoms with E-state index in [9.17, 15) is 48.3 Å². The standard InChI is InChI=1S/C26H25F8NO3S/c1-22-11-10-17(24(28,25(29,30)31)26(32,33)34)14-16(22)4-9-20-23(22,12-13-35(20)21(36)15-2-3-15)39(37,38)19-7-5-18(27)6-8-19/h5-8,10,14-15,20H,2-4,9,11-13H2,1H3/t20-,22?,23+/m1/s1. The summed E-state index contributed by atoms with van der Waals surface area (Å²) in [4.78, 5) is 14.3. The molecule has 4 aliphatic rings. The number of nitrogens with zero attached hydrogens (tertiary/aromatic N) is 1. The maximum atomic E-state index is 15.0. The highest BCUT2D eigenvalue weighted by molar-refractivity contribution is 7.93. The van der Waals surface area contributed by atoms with Crippen LogP contribution in [0, 0.1) is 17.2 Å². The zero-order chi connectivity index (χ0) is 28.8. The fourth-order valence-electron chi connectivity index (χ4n) is 6.82. The average molecular weight is 584 g/mol. The fraction of sp³-hybridized carbons (Fsp3) is 0.577. The molecule has 0 radical (unpaired) electrons. The highest BCUT2D eigenvalue weighted by atomic mass is 32.2. The van der Waals surface area contributed by atoms with Crippen LogP contribution in [0.1, 0.15) is 45.4 Å². The lowest BCUT2D eigenvalue weighted by Gasteiger charge is -2.55. The van der Waals surface area contributed by atoms with Gasteiger partial charge in [0.15, 0.2) is 9.84 Å². The van der Waals surface area contributed by atoms with E-state index in [-0.39, 0.29) is 48.1 Å². The van der Waals surface area contributed by atoms with Gasteiger partial charge in [0.25, 0.3) is 0 Å². The van der Waals surface area contributed by atoms with Gasteiger partial charge < -0.3 is 4.90 Å². The number of carbonyl (C=O) groups excluding carboxylic acids is 1. The minimum absolute atomic E-state index is 0.0258. The van der Waals surface area contributed by atoms with Crippen LogP contribution in [0.5, 0.6) is 0 Å². The zero-order valence-corrected chi connectivity index (χ0v) is 21.5. The van der Waals surface area contributed by atoms with Crippen LogP contribution in [-0.4, -0.2) is 54.6 Å². The Labute approximate surface area is 219 Å². The molecule has 0 N–H and O–H groups in total. The molecule has 3 atom stereocenters. The van der Waals surface area contributed by atoms with Gasteiger partial charge in [-0.25, -0.2) is 17.2 Å². The quantitative estimate of drug-likeness (QED) is 0.312. The monoisotopic (exact) mass is 583 g/mol. The minimum atomic E-state index is -6.31. The fourth-order valence-corrected chi connectivity index (χ4v) is 9.51. The van der Waals surface area contributed by atoms with Crippen LogP contribution in [0.2, 0.25) is 0 Å². The Bertz CT molecular complexity index is 1350. The van der Waals surface area contributed by atoms with Gasteiger partial charge in [-0.3, -0.25) is 4.79 Å². The molecule has 1 amide bonds. The van der Waals surface area contributed by atoms with E-state index in [1.165, 1.54) is 11.8 Å². The molecule has 1 aromatic carbocycles. The highest BCUT2D eigenvalue weighted by Gasteiger charge is 2.75. The van der Waals surface area contributed by atoms with Crippen molar-refractivity contribution < 1.29 is 48.3 Å². The molecule has 1 aliphatic heterocycles. The van der Waals surface area contributed by atoms with Gasteiger partial charge in [-0.05, 0) is 62.8 Å². The van der Waals surface area contributed by atoms with E-state index in [1.54, 1.807) is 0 Å². The Kier molecular flexibility index (Phi) is 6.15. The number of carbonyl (C=O) groups is 1. The maximum Gasteiger partial charge on any atom is 0.435 e. The molecule has 214 valence electrons. The van der Waals surface area contributed by atoms with Crippen LogP contribution in [0.4, 0.5) is 35.1 Å². The number of allylic oxidation sites excluding steroid dienone is 4. The first-order chi connectivity index (χ1) is 17.9. The summed E-state index contributed by atoms with van der Waals surface area (Å²) < 4.78 is 137. The molecule has 2 saturated carbocycles. The molecule has 39 heavy (non-hydrogen) atoms. The third-order valence-corrected chi connectivity index (χ3v) is 11.8. The van der Waals surface area contributed by atoms with Crippen LogP contribution in [0.15, 0.2) is 52.5 Å². The number of hydrogen-bond acceptors (Lipinski definition) is 3. The number of benzene rings is 1. The zero-order valence-electron chi connectivity index (χ0n) is 20.7. The number of likely N-dealkylation sites (tertiary alicyclic amines) is 1. The number of hydrogen-bond donors (Lipinski definition) is 0. The first kappa shape index (κ1) is 28.1. The predicted molar refractivity (Wildman–Crippen MR) is 123 cm³/mol. The van der Waals surface area contributed by atoms with Crippen LogP contribution >= 0.6 is 0 Å². The van der Waals surface area contributed by atoms with Gasteiger partial charge in [-0.15, -0.1) is 0 Å². The highest BCUT2D eigenvalue weighted by Crippen LogP contribution is 2.64. The van der Waals surface area contributed by atoms with E-state index in [0.29, 0.717) is 25.0 Å². The number of amides is 1. The molecule has 1 heterocycles. The number of halogens is 8. The Morgan fingerprint density at radius 1 is 0.974 bits per heavy atom. The van der Waals surface area contributed by atoms with Crippen molar-refractivity contribution in [1.29, 1.82) is 0 Å². The van der Waals surface area contributed by atoms with Gasteiger partial charge in [0.1, 0.15) is 10.6 Å². The summed E-state index contributed by atoms with van der Waals surface area (Å²) in [5.74, 6) is -1.21. The van der Waals surface area contributed by atoms with Crippen LogP contribution < -0.4 is 0 Å². The number of fused-ring (bicyclic) bond motifs is 3. The van der Waals surface area contributed by atoms with Crippen molar-refractivity contribution in [2.45, 2.75) is 79.2 Å². The molecule has 5 rings (SSSR count). The van der Waals surface area contributed by atoms with Crippen molar-refractivity contribution in [3.8, 4) is 0 Å². The summed E-state index contributed by atoms with van der Waals surface area (Å²) in [6, 6.07) is 3.05. The first-order valence-electron chi connectivity index (χ1n) is 12.5. The second kappa shape index (κ2) is 8.53. The molecule has 3 fully saturated rings. The SMILES string of the molecule is CC12CC=C(C(F)(C(F)(F)F)C(F)(F)F)C=C1CC[C@H]1N(C(=O)C3CC3)CC[C@]12S(=O)(=O)c1ccc(F)cc1. The van der Waals surface area contributed by atoms with Gasteiger partial charge in [-0.1, -0.05) is 24.6 Å². The van der Waals surface area contributed by atoms with Crippen molar-refractivity contribution >= 4 is 15.7 Å². The van der Waals surface area contributed by atoms with E-state index in [2.05, 4.69) is 0 Å². The normalized spacial score (nSPS) is 29.9. The molecule has 4 nitrogen and oxygen atoms in total. The first-order valence-corrected chi connectivity index (χ1v) is 13.9. The number of sulfone groups is 1. The van der Waals surface area contributed by atoms with Gasteiger partial charge in [0, 0.05) is 23.5 Å². The van der Waals surface area contributed by atoms with Crippen molar-refractivity contribution in [2.75, 3.05) is 6.54 Å². The second-order valence-corrected chi connectivity index (χ2v) is 13.2. The lowest BCUT2D eigenvalue weighted by molar-refractivity contribution is -0.325. The van der Waals surface area contributed by atoms with Crippen LogP contribution in [0.25, 0.3) is 0 Å². The van der Waals surface area contributed by atoms with E-state index in [4.69, 9.17) is 0 Å². The molecular formula is C26H25F8NO3S. The smallest absolute Gasteiger partial charge is 0.338 e. The average Bonchev–Trinajstić information content (AvgIpc) is 3.60. The summed E-state index contributed by atoms with van der Waals surface area (Å²) in [6.07, 6.45) is -11.3. The number of rotatable bonds is 4. The molecule has 13 heteroatoms. The third kappa shape index (κ3) is 3.73. The summed E-state index contributed by atoms with van der Waals surface area (Å²) in [5, 5.41) is 0. The predicted octanol–water partition coefficient (Wildman–Crippen LogP) is 6.24. The summed E-state index contributed by atoms with van der Waals surface area (Å²) in [7, 11) is -4.46. The number of alkyl halides is 7. The Hall–Kier alpha value is -2.44. The topological polar surface area (TPSA) is 54.5 Å². The van der Waals surface area contributed by atoms with Crippen LogP contribution in [0.3, 0.4) is 0 Å². The molecule has 1 aromatic rings. The van der Waals surface area contributed by atoms with Gasteiger partial charge >= 0.3 is 18.0 Å². The Morgan fingerprint density at radius 3 is 2.10 bits per heavy atom. The molecule has 0 bridgehead atoms. The van der Waals surface area contributed by atoms with Gasteiger partial charge in [-0.2, -0.15) is 26.3 Å². The molecule has 0 spiro atoms. The van der Waals surface area contributed by atoms with Gasteiger partial charge in [0.05, 0.1) is 10.9 Å². The summed E-state index contributed by atoms with van der Waals surface area (Å²) >= 11 is 0. The van der Waals surface area contributed by atoms with E-state index >= 15 is 0 Å². The summed E-state index contributed by atoms with van der Waals surface area (Å²) in [5.41, 5.74) is -8.90. The largest absolute Gasteiger partial charge is 0.435 e. The van der Waals surface area contributed by atoms with E-state index < -0.39 is 61.9 Å². The Balaban J connectivity index is 1.67. The molecule has 0 aromatic heterocycles. The minimum Gasteiger partial charge on any atom is -0.338 e. The van der Waals surface area contributed by atoms with Crippen LogP contribution in [-0.2, 0) is 14.6 Å². The second-order valence-electron chi connectivity index (χ2n) is 11.0. The van der Waals surface area contributed by atoms with Crippen molar-refractivity contribution in [3.05, 3.63) is 53.4 Å². The molecular weight excluding hydrogens is 558 g/mol. The van der Waals surface area contributed by atoms with E-state index in [1.807, 2.05) is 0 Å². The van der Waals surface area contributed by atoms with Crippen molar-refractivity contribution in [1.82, 2.24) is 4.90 Å². The van der Waals surface area contributed by atoms with Crippen molar-refractivity contribution in [3.63, 3.8) is 0 Å². The maximum absolute atomic E-state index is 15.0.